The second-order valence-electron chi connectivity index (χ2n) is 5.02. The Hall–Kier alpha value is -1.84. The van der Waals surface area contributed by atoms with E-state index in [2.05, 4.69) is 10.6 Å². The van der Waals surface area contributed by atoms with Crippen LogP contribution < -0.4 is 10.6 Å². The molecule has 0 saturated carbocycles. The summed E-state index contributed by atoms with van der Waals surface area (Å²) in [6.45, 7) is 3.88. The van der Waals surface area contributed by atoms with Gasteiger partial charge in [-0.15, -0.1) is 0 Å². The topological polar surface area (TPSA) is 41.1 Å². The number of para-hydroxylation sites is 1. The Bertz CT molecular complexity index is 583. The molecule has 0 fully saturated rings. The van der Waals surface area contributed by atoms with Gasteiger partial charge in [-0.2, -0.15) is 0 Å². The third-order valence-corrected chi connectivity index (χ3v) is 3.56. The molecule has 4 heteroatoms. The highest BCUT2D eigenvalue weighted by atomic mass is 35.5. The molecule has 0 radical (unpaired) electrons. The van der Waals surface area contributed by atoms with E-state index in [4.69, 9.17) is 11.6 Å². The first-order valence-corrected chi connectivity index (χ1v) is 7.31. The van der Waals surface area contributed by atoms with E-state index in [-0.39, 0.29) is 18.0 Å². The standard InChI is InChI=1S/C17H19ClN2O/c1-12(14-8-10-15(18)11-9-14)19-13(2)17(21)20-16-6-4-3-5-7-16/h3-13,19H,1-2H3,(H,20,21)/t12-,13-/m1/s1. The minimum atomic E-state index is -0.295. The number of carbonyl (C=O) groups is 1. The summed E-state index contributed by atoms with van der Waals surface area (Å²) in [6.07, 6.45) is 0. The summed E-state index contributed by atoms with van der Waals surface area (Å²) in [6, 6.07) is 16.8. The number of hydrogen-bond acceptors (Lipinski definition) is 2. The van der Waals surface area contributed by atoms with Gasteiger partial charge in [-0.05, 0) is 43.7 Å². The zero-order chi connectivity index (χ0) is 15.2. The van der Waals surface area contributed by atoms with Crippen molar-refractivity contribution in [1.29, 1.82) is 0 Å². The molecule has 3 nitrogen and oxygen atoms in total. The molecule has 0 aliphatic carbocycles. The fourth-order valence-electron chi connectivity index (χ4n) is 2.07. The van der Waals surface area contributed by atoms with Crippen molar-refractivity contribution in [3.05, 3.63) is 65.2 Å². The lowest BCUT2D eigenvalue weighted by atomic mass is 10.1. The smallest absolute Gasteiger partial charge is 0.241 e. The van der Waals surface area contributed by atoms with Gasteiger partial charge < -0.3 is 5.32 Å². The normalized spacial score (nSPS) is 13.5. The second-order valence-corrected chi connectivity index (χ2v) is 5.45. The molecule has 0 aromatic heterocycles. The summed E-state index contributed by atoms with van der Waals surface area (Å²) in [5, 5.41) is 6.87. The van der Waals surface area contributed by atoms with Crippen LogP contribution in [-0.2, 0) is 4.79 Å². The zero-order valence-electron chi connectivity index (χ0n) is 12.1. The molecule has 110 valence electrons. The number of halogens is 1. The maximum Gasteiger partial charge on any atom is 0.241 e. The highest BCUT2D eigenvalue weighted by Crippen LogP contribution is 2.16. The van der Waals surface area contributed by atoms with Crippen molar-refractivity contribution in [2.45, 2.75) is 25.9 Å². The molecule has 0 aliphatic heterocycles. The van der Waals surface area contributed by atoms with Crippen LogP contribution in [0.5, 0.6) is 0 Å². The summed E-state index contributed by atoms with van der Waals surface area (Å²) in [4.78, 5) is 12.1. The predicted molar refractivity (Wildman–Crippen MR) is 87.5 cm³/mol. The van der Waals surface area contributed by atoms with Crippen LogP contribution in [0.25, 0.3) is 0 Å². The molecule has 2 N–H and O–H groups in total. The quantitative estimate of drug-likeness (QED) is 0.876. The Morgan fingerprint density at radius 1 is 1.00 bits per heavy atom. The number of nitrogens with one attached hydrogen (secondary N) is 2. The molecule has 2 atom stereocenters. The van der Waals surface area contributed by atoms with Crippen LogP contribution in [0.1, 0.15) is 25.5 Å². The van der Waals surface area contributed by atoms with E-state index in [9.17, 15) is 4.79 Å². The van der Waals surface area contributed by atoms with Crippen molar-refractivity contribution in [3.8, 4) is 0 Å². The van der Waals surface area contributed by atoms with Crippen molar-refractivity contribution in [3.63, 3.8) is 0 Å². The summed E-state index contributed by atoms with van der Waals surface area (Å²) < 4.78 is 0. The van der Waals surface area contributed by atoms with Gasteiger partial charge in [0.15, 0.2) is 0 Å². The van der Waals surface area contributed by atoms with E-state index in [0.29, 0.717) is 5.02 Å². The number of hydrogen-bond donors (Lipinski definition) is 2. The molecule has 0 saturated heterocycles. The molecule has 0 spiro atoms. The third kappa shape index (κ3) is 4.59. The predicted octanol–water partition coefficient (Wildman–Crippen LogP) is 4.02. The summed E-state index contributed by atoms with van der Waals surface area (Å²) in [5.41, 5.74) is 1.90. The molecule has 0 bridgehead atoms. The number of amides is 1. The Labute approximate surface area is 130 Å². The van der Waals surface area contributed by atoms with Gasteiger partial charge in [0, 0.05) is 16.8 Å². The molecular formula is C17H19ClN2O. The monoisotopic (exact) mass is 302 g/mol. The van der Waals surface area contributed by atoms with Crippen LogP contribution in [0.2, 0.25) is 5.02 Å². The fraction of sp³-hybridized carbons (Fsp3) is 0.235. The maximum absolute atomic E-state index is 12.1. The van der Waals surface area contributed by atoms with E-state index in [1.165, 1.54) is 0 Å². The van der Waals surface area contributed by atoms with E-state index < -0.39 is 0 Å². The van der Waals surface area contributed by atoms with Crippen molar-refractivity contribution < 1.29 is 4.79 Å². The molecule has 21 heavy (non-hydrogen) atoms. The molecule has 2 rings (SSSR count). The van der Waals surface area contributed by atoms with Crippen molar-refractivity contribution in [2.75, 3.05) is 5.32 Å². The van der Waals surface area contributed by atoms with Gasteiger partial charge >= 0.3 is 0 Å². The second kappa shape index (κ2) is 7.25. The molecule has 2 aromatic rings. The first kappa shape index (κ1) is 15.5. The number of rotatable bonds is 5. The molecule has 0 heterocycles. The van der Waals surface area contributed by atoms with Crippen LogP contribution >= 0.6 is 11.6 Å². The van der Waals surface area contributed by atoms with Crippen molar-refractivity contribution in [2.24, 2.45) is 0 Å². The van der Waals surface area contributed by atoms with Crippen LogP contribution in [0.15, 0.2) is 54.6 Å². The number of benzene rings is 2. The fourth-order valence-corrected chi connectivity index (χ4v) is 2.20. The molecular weight excluding hydrogens is 284 g/mol. The highest BCUT2D eigenvalue weighted by Gasteiger charge is 2.16. The summed E-state index contributed by atoms with van der Waals surface area (Å²) in [7, 11) is 0. The Balaban J connectivity index is 1.92. The van der Waals surface area contributed by atoms with Gasteiger partial charge in [0.05, 0.1) is 6.04 Å². The van der Waals surface area contributed by atoms with Crippen LogP contribution in [0, 0.1) is 0 Å². The van der Waals surface area contributed by atoms with Crippen LogP contribution in [0.3, 0.4) is 0 Å². The lowest BCUT2D eigenvalue weighted by Gasteiger charge is -2.20. The van der Waals surface area contributed by atoms with Gasteiger partial charge in [0.1, 0.15) is 0 Å². The summed E-state index contributed by atoms with van der Waals surface area (Å²) >= 11 is 5.88. The van der Waals surface area contributed by atoms with Crippen LogP contribution in [0.4, 0.5) is 5.69 Å². The minimum absolute atomic E-state index is 0.0537. The van der Waals surface area contributed by atoms with E-state index in [1.807, 2.05) is 68.4 Å². The van der Waals surface area contributed by atoms with E-state index in [0.717, 1.165) is 11.3 Å². The van der Waals surface area contributed by atoms with Gasteiger partial charge in [-0.3, -0.25) is 10.1 Å². The average Bonchev–Trinajstić information content (AvgIpc) is 2.48. The maximum atomic E-state index is 12.1. The third-order valence-electron chi connectivity index (χ3n) is 3.30. The van der Waals surface area contributed by atoms with Gasteiger partial charge in [0.2, 0.25) is 5.91 Å². The summed E-state index contributed by atoms with van der Waals surface area (Å²) in [5.74, 6) is -0.0537. The lowest BCUT2D eigenvalue weighted by Crippen LogP contribution is -2.39. The largest absolute Gasteiger partial charge is 0.325 e. The molecule has 0 unspecified atom stereocenters. The molecule has 2 aromatic carbocycles. The molecule has 1 amide bonds. The Morgan fingerprint density at radius 3 is 2.24 bits per heavy atom. The Kier molecular flexibility index (Phi) is 5.37. The van der Waals surface area contributed by atoms with Crippen molar-refractivity contribution >= 4 is 23.2 Å². The van der Waals surface area contributed by atoms with Gasteiger partial charge in [-0.25, -0.2) is 0 Å². The Morgan fingerprint density at radius 2 is 1.62 bits per heavy atom. The zero-order valence-corrected chi connectivity index (χ0v) is 12.9. The number of anilines is 1. The minimum Gasteiger partial charge on any atom is -0.325 e. The van der Waals surface area contributed by atoms with Crippen LogP contribution in [-0.4, -0.2) is 11.9 Å². The number of carbonyl (C=O) groups excluding carboxylic acids is 1. The van der Waals surface area contributed by atoms with E-state index >= 15 is 0 Å². The highest BCUT2D eigenvalue weighted by molar-refractivity contribution is 6.30. The van der Waals surface area contributed by atoms with Gasteiger partial charge in [-0.1, -0.05) is 41.9 Å². The van der Waals surface area contributed by atoms with E-state index in [1.54, 1.807) is 0 Å². The lowest BCUT2D eigenvalue weighted by molar-refractivity contribution is -0.117. The van der Waals surface area contributed by atoms with Crippen molar-refractivity contribution in [1.82, 2.24) is 5.32 Å². The van der Waals surface area contributed by atoms with Gasteiger partial charge in [0.25, 0.3) is 0 Å². The first-order chi connectivity index (χ1) is 10.1. The SMILES string of the molecule is C[C@@H](N[C@H](C)c1ccc(Cl)cc1)C(=O)Nc1ccccc1. The molecule has 0 aliphatic rings. The average molecular weight is 303 g/mol. The first-order valence-electron chi connectivity index (χ1n) is 6.93.